The number of carbonyl (C=O) groups excluding carboxylic acids is 2. The lowest BCUT2D eigenvalue weighted by Gasteiger charge is -2.26. The van der Waals surface area contributed by atoms with Crippen molar-refractivity contribution in [3.8, 4) is 0 Å². The van der Waals surface area contributed by atoms with Crippen LogP contribution >= 0.6 is 0 Å². The minimum absolute atomic E-state index is 0.0120. The van der Waals surface area contributed by atoms with Crippen LogP contribution < -0.4 is 5.32 Å². The molecule has 2 heterocycles. The van der Waals surface area contributed by atoms with E-state index in [1.165, 1.54) is 5.56 Å². The van der Waals surface area contributed by atoms with E-state index < -0.39 is 0 Å². The Kier molecular flexibility index (Phi) is 4.71. The van der Waals surface area contributed by atoms with Crippen LogP contribution in [0.2, 0.25) is 0 Å². The van der Waals surface area contributed by atoms with Crippen molar-refractivity contribution >= 4 is 11.8 Å². The van der Waals surface area contributed by atoms with Gasteiger partial charge in [0.2, 0.25) is 5.91 Å². The maximum absolute atomic E-state index is 12.3. The Labute approximate surface area is 153 Å². The first-order chi connectivity index (χ1) is 12.7. The zero-order valence-electron chi connectivity index (χ0n) is 14.6. The summed E-state index contributed by atoms with van der Waals surface area (Å²) in [5.74, 6) is -0.0432. The van der Waals surface area contributed by atoms with Crippen molar-refractivity contribution < 1.29 is 14.3 Å². The van der Waals surface area contributed by atoms with Gasteiger partial charge in [0.05, 0.1) is 6.61 Å². The predicted octanol–water partition coefficient (Wildman–Crippen LogP) is 2.46. The third kappa shape index (κ3) is 3.35. The maximum atomic E-state index is 12.3. The van der Waals surface area contributed by atoms with Gasteiger partial charge >= 0.3 is 0 Å². The highest BCUT2D eigenvalue weighted by Gasteiger charge is 2.27. The third-order valence-electron chi connectivity index (χ3n) is 5.08. The molecule has 5 nitrogen and oxygen atoms in total. The Hall–Kier alpha value is -2.66. The van der Waals surface area contributed by atoms with Crippen LogP contribution in [0.15, 0.2) is 48.5 Å². The minimum Gasteiger partial charge on any atom is -0.371 e. The molecule has 0 saturated carbocycles. The first-order valence-corrected chi connectivity index (χ1v) is 9.05. The number of carbonyl (C=O) groups is 2. The molecule has 2 aromatic carbocycles. The van der Waals surface area contributed by atoms with Crippen molar-refractivity contribution in [3.63, 3.8) is 0 Å². The van der Waals surface area contributed by atoms with Crippen molar-refractivity contribution in [1.82, 2.24) is 10.2 Å². The number of nitrogens with one attached hydrogen (secondary N) is 1. The van der Waals surface area contributed by atoms with E-state index in [4.69, 9.17) is 4.74 Å². The Morgan fingerprint density at radius 3 is 2.73 bits per heavy atom. The van der Waals surface area contributed by atoms with E-state index in [9.17, 15) is 9.59 Å². The SMILES string of the molecule is O=C(CCN1Cc2ccccc2C1=O)NC[C@H]1OCCc2ccccc21. The Bertz CT molecular complexity index is 834. The molecule has 1 atom stereocenters. The monoisotopic (exact) mass is 350 g/mol. The van der Waals surface area contributed by atoms with Crippen LogP contribution in [-0.2, 0) is 22.5 Å². The summed E-state index contributed by atoms with van der Waals surface area (Å²) in [6.07, 6.45) is 1.12. The quantitative estimate of drug-likeness (QED) is 0.901. The molecule has 2 aliphatic rings. The van der Waals surface area contributed by atoms with Gasteiger partial charge in [-0.3, -0.25) is 9.59 Å². The van der Waals surface area contributed by atoms with Crippen LogP contribution in [0, 0.1) is 0 Å². The summed E-state index contributed by atoms with van der Waals surface area (Å²) in [4.78, 5) is 26.3. The van der Waals surface area contributed by atoms with Crippen molar-refractivity contribution in [3.05, 3.63) is 70.8 Å². The highest BCUT2D eigenvalue weighted by molar-refractivity contribution is 5.98. The van der Waals surface area contributed by atoms with E-state index in [2.05, 4.69) is 17.4 Å². The van der Waals surface area contributed by atoms with Crippen molar-refractivity contribution in [2.24, 2.45) is 0 Å². The van der Waals surface area contributed by atoms with E-state index in [0.29, 0.717) is 32.7 Å². The summed E-state index contributed by atoms with van der Waals surface area (Å²) < 4.78 is 5.81. The van der Waals surface area contributed by atoms with Gasteiger partial charge in [0.1, 0.15) is 6.10 Å². The van der Waals surface area contributed by atoms with Crippen molar-refractivity contribution in [2.75, 3.05) is 19.7 Å². The van der Waals surface area contributed by atoms with E-state index >= 15 is 0 Å². The number of hydrogen-bond acceptors (Lipinski definition) is 3. The number of benzene rings is 2. The highest BCUT2D eigenvalue weighted by Crippen LogP contribution is 2.26. The molecule has 2 aliphatic heterocycles. The zero-order chi connectivity index (χ0) is 17.9. The molecular weight excluding hydrogens is 328 g/mol. The van der Waals surface area contributed by atoms with E-state index in [-0.39, 0.29) is 17.9 Å². The molecule has 0 saturated heterocycles. The molecule has 4 rings (SSSR count). The number of nitrogens with zero attached hydrogens (tertiary/aromatic N) is 1. The van der Waals surface area contributed by atoms with Crippen molar-refractivity contribution in [1.29, 1.82) is 0 Å². The summed E-state index contributed by atoms with van der Waals surface area (Å²) in [6.45, 7) is 2.16. The van der Waals surface area contributed by atoms with Crippen molar-refractivity contribution in [2.45, 2.75) is 25.5 Å². The van der Waals surface area contributed by atoms with E-state index in [0.717, 1.165) is 23.1 Å². The zero-order valence-corrected chi connectivity index (χ0v) is 14.6. The first kappa shape index (κ1) is 16.8. The van der Waals surface area contributed by atoms with Gasteiger partial charge in [-0.1, -0.05) is 42.5 Å². The molecule has 26 heavy (non-hydrogen) atoms. The molecule has 0 spiro atoms. The number of amides is 2. The second-order valence-electron chi connectivity index (χ2n) is 6.75. The molecule has 1 N–H and O–H groups in total. The molecule has 0 aliphatic carbocycles. The number of fused-ring (bicyclic) bond motifs is 2. The molecule has 0 unspecified atom stereocenters. The van der Waals surface area contributed by atoms with Gasteiger partial charge in [-0.2, -0.15) is 0 Å². The first-order valence-electron chi connectivity index (χ1n) is 9.05. The molecule has 5 heteroatoms. The molecule has 0 radical (unpaired) electrons. The summed E-state index contributed by atoms with van der Waals surface area (Å²) in [5.41, 5.74) is 4.23. The van der Waals surface area contributed by atoms with Crippen LogP contribution in [0.25, 0.3) is 0 Å². The molecule has 2 amide bonds. The van der Waals surface area contributed by atoms with Gasteiger partial charge in [0.15, 0.2) is 0 Å². The van der Waals surface area contributed by atoms with Crippen LogP contribution in [-0.4, -0.2) is 36.4 Å². The van der Waals surface area contributed by atoms with E-state index in [1.807, 2.05) is 36.4 Å². The molecular formula is C21H22N2O3. The number of rotatable bonds is 5. The predicted molar refractivity (Wildman–Crippen MR) is 97.6 cm³/mol. The topological polar surface area (TPSA) is 58.6 Å². The van der Waals surface area contributed by atoms with Crippen LogP contribution in [0.1, 0.15) is 39.6 Å². The maximum Gasteiger partial charge on any atom is 0.254 e. The third-order valence-corrected chi connectivity index (χ3v) is 5.08. The fourth-order valence-corrected chi connectivity index (χ4v) is 3.67. The van der Waals surface area contributed by atoms with Gasteiger partial charge in [-0.25, -0.2) is 0 Å². The molecule has 0 fully saturated rings. The lowest BCUT2D eigenvalue weighted by Crippen LogP contribution is -2.34. The summed E-state index contributed by atoms with van der Waals surface area (Å²) in [7, 11) is 0. The second kappa shape index (κ2) is 7.30. The van der Waals surface area contributed by atoms with Gasteiger partial charge in [0, 0.05) is 31.6 Å². The standard InChI is InChI=1S/C21H22N2O3/c24-20(9-11-23-14-16-6-2-4-8-18(16)21(23)25)22-13-19-17-7-3-1-5-15(17)10-12-26-19/h1-8,19H,9-14H2,(H,22,24)/t19-/m1/s1. The normalized spacial score (nSPS) is 18.4. The van der Waals surface area contributed by atoms with Crippen LogP contribution in [0.5, 0.6) is 0 Å². The summed E-state index contributed by atoms with van der Waals surface area (Å²) in [6, 6.07) is 15.8. The fourth-order valence-electron chi connectivity index (χ4n) is 3.67. The average Bonchev–Trinajstić information content (AvgIpc) is 3.01. The summed E-state index contributed by atoms with van der Waals surface area (Å²) >= 11 is 0. The molecule has 2 aromatic rings. The molecule has 0 bridgehead atoms. The highest BCUT2D eigenvalue weighted by atomic mass is 16.5. The van der Waals surface area contributed by atoms with Crippen LogP contribution in [0.4, 0.5) is 0 Å². The van der Waals surface area contributed by atoms with E-state index in [1.54, 1.807) is 4.90 Å². The lowest BCUT2D eigenvalue weighted by molar-refractivity contribution is -0.122. The van der Waals surface area contributed by atoms with Gasteiger partial charge in [-0.15, -0.1) is 0 Å². The fraction of sp³-hybridized carbons (Fsp3) is 0.333. The smallest absolute Gasteiger partial charge is 0.254 e. The second-order valence-corrected chi connectivity index (χ2v) is 6.75. The Balaban J connectivity index is 1.28. The largest absolute Gasteiger partial charge is 0.371 e. The molecule has 134 valence electrons. The number of hydrogen-bond donors (Lipinski definition) is 1. The molecule has 0 aromatic heterocycles. The van der Waals surface area contributed by atoms with Crippen LogP contribution in [0.3, 0.4) is 0 Å². The lowest BCUT2D eigenvalue weighted by atomic mass is 9.97. The average molecular weight is 350 g/mol. The van der Waals surface area contributed by atoms with Gasteiger partial charge in [0.25, 0.3) is 5.91 Å². The summed E-state index contributed by atoms with van der Waals surface area (Å²) in [5, 5.41) is 2.95. The Morgan fingerprint density at radius 1 is 1.12 bits per heavy atom. The number of ether oxygens (including phenoxy) is 1. The Morgan fingerprint density at radius 2 is 1.88 bits per heavy atom. The van der Waals surface area contributed by atoms with Gasteiger partial charge < -0.3 is 15.0 Å². The minimum atomic E-state index is -0.0958. The van der Waals surface area contributed by atoms with Gasteiger partial charge in [-0.05, 0) is 29.2 Å².